The van der Waals surface area contributed by atoms with Gasteiger partial charge in [0.05, 0.1) is 12.7 Å². The summed E-state index contributed by atoms with van der Waals surface area (Å²) in [5.74, 6) is 0. The van der Waals surface area contributed by atoms with Crippen LogP contribution in [-0.2, 0) is 24.0 Å². The van der Waals surface area contributed by atoms with Crippen molar-refractivity contribution in [2.45, 2.75) is 38.2 Å². The van der Waals surface area contributed by atoms with E-state index >= 15 is 0 Å². The van der Waals surface area contributed by atoms with Crippen LogP contribution >= 0.6 is 0 Å². The zero-order valence-corrected chi connectivity index (χ0v) is 10.4. The van der Waals surface area contributed by atoms with Gasteiger partial charge in [0.25, 0.3) is 0 Å². The summed E-state index contributed by atoms with van der Waals surface area (Å²) in [4.78, 5) is 0. The van der Waals surface area contributed by atoms with Gasteiger partial charge >= 0.3 is 0 Å². The minimum Gasteiger partial charge on any atom is -0.375 e. The lowest BCUT2D eigenvalue weighted by atomic mass is 9.89. The van der Waals surface area contributed by atoms with Gasteiger partial charge in [-0.05, 0) is 48.8 Å². The third-order valence-electron chi connectivity index (χ3n) is 3.88. The van der Waals surface area contributed by atoms with E-state index in [2.05, 4.69) is 23.5 Å². The van der Waals surface area contributed by atoms with Crippen molar-refractivity contribution in [3.8, 4) is 0 Å². The molecule has 1 N–H and O–H groups in total. The lowest BCUT2D eigenvalue weighted by Crippen LogP contribution is -2.39. The van der Waals surface area contributed by atoms with E-state index in [0.717, 1.165) is 26.1 Å². The molecule has 1 unspecified atom stereocenters. The first-order valence-corrected chi connectivity index (χ1v) is 6.85. The summed E-state index contributed by atoms with van der Waals surface area (Å²) in [6, 6.07) is 7.04. The maximum absolute atomic E-state index is 5.76. The third-order valence-corrected chi connectivity index (χ3v) is 3.88. The van der Waals surface area contributed by atoms with Gasteiger partial charge in [-0.2, -0.15) is 0 Å². The average molecular weight is 231 g/mol. The van der Waals surface area contributed by atoms with Crippen LogP contribution in [0.1, 0.15) is 29.5 Å². The van der Waals surface area contributed by atoms with Gasteiger partial charge in [0.2, 0.25) is 0 Å². The second kappa shape index (κ2) is 5.19. The van der Waals surface area contributed by atoms with Crippen LogP contribution in [0.2, 0.25) is 0 Å². The normalized spacial score (nSPS) is 24.4. The van der Waals surface area contributed by atoms with Crippen LogP contribution in [0.25, 0.3) is 0 Å². The molecule has 2 aliphatic rings. The Balaban J connectivity index is 1.70. The van der Waals surface area contributed by atoms with Gasteiger partial charge in [-0.15, -0.1) is 0 Å². The molecule has 0 spiro atoms. The maximum atomic E-state index is 5.76. The minimum absolute atomic E-state index is 0.366. The summed E-state index contributed by atoms with van der Waals surface area (Å²) in [5, 5.41) is 3.39. The van der Waals surface area contributed by atoms with Crippen molar-refractivity contribution in [3.63, 3.8) is 0 Å². The Labute approximate surface area is 103 Å². The molecular weight excluding hydrogens is 210 g/mol. The van der Waals surface area contributed by atoms with Crippen molar-refractivity contribution in [1.82, 2.24) is 5.32 Å². The number of aryl methyl sites for hydroxylation is 2. The molecule has 1 aliphatic carbocycles. The molecule has 1 aromatic carbocycles. The number of nitrogens with one attached hydrogen (secondary N) is 1. The molecule has 1 heterocycles. The monoisotopic (exact) mass is 231 g/mol. The number of fused-ring (bicyclic) bond motifs is 1. The molecule has 0 radical (unpaired) electrons. The summed E-state index contributed by atoms with van der Waals surface area (Å²) < 4.78 is 5.76. The third kappa shape index (κ3) is 2.70. The van der Waals surface area contributed by atoms with Crippen LogP contribution in [0.5, 0.6) is 0 Å². The highest BCUT2D eigenvalue weighted by Crippen LogP contribution is 2.23. The van der Waals surface area contributed by atoms with Crippen molar-refractivity contribution in [1.29, 1.82) is 0 Å². The largest absolute Gasteiger partial charge is 0.375 e. The van der Waals surface area contributed by atoms with Crippen LogP contribution in [0.15, 0.2) is 18.2 Å². The first kappa shape index (κ1) is 11.2. The molecule has 2 nitrogen and oxygen atoms in total. The molecule has 92 valence electrons. The Morgan fingerprint density at radius 2 is 2.06 bits per heavy atom. The molecule has 0 bridgehead atoms. The number of morpholine rings is 1. The molecule has 17 heavy (non-hydrogen) atoms. The van der Waals surface area contributed by atoms with E-state index in [1.807, 2.05) is 0 Å². The van der Waals surface area contributed by atoms with Crippen molar-refractivity contribution in [3.05, 3.63) is 34.9 Å². The van der Waals surface area contributed by atoms with Gasteiger partial charge in [0.15, 0.2) is 0 Å². The molecule has 3 rings (SSSR count). The van der Waals surface area contributed by atoms with Gasteiger partial charge in [0, 0.05) is 13.1 Å². The Bertz CT molecular complexity index is 383. The number of benzene rings is 1. The predicted octanol–water partition coefficient (Wildman–Crippen LogP) is 2.10. The average Bonchev–Trinajstić information content (AvgIpc) is 2.40. The smallest absolute Gasteiger partial charge is 0.0740 e. The molecule has 1 atom stereocenters. The lowest BCUT2D eigenvalue weighted by molar-refractivity contribution is 0.0292. The fourth-order valence-electron chi connectivity index (χ4n) is 2.93. The Morgan fingerprint density at radius 3 is 2.88 bits per heavy atom. The van der Waals surface area contributed by atoms with Crippen molar-refractivity contribution < 1.29 is 4.74 Å². The van der Waals surface area contributed by atoms with Crippen molar-refractivity contribution in [2.75, 3.05) is 19.7 Å². The zero-order chi connectivity index (χ0) is 11.5. The highest BCUT2D eigenvalue weighted by atomic mass is 16.5. The zero-order valence-electron chi connectivity index (χ0n) is 10.4. The van der Waals surface area contributed by atoms with Crippen LogP contribution in [0.4, 0.5) is 0 Å². The second-order valence-electron chi connectivity index (χ2n) is 5.21. The summed E-state index contributed by atoms with van der Waals surface area (Å²) in [6.07, 6.45) is 6.69. The predicted molar refractivity (Wildman–Crippen MR) is 69.4 cm³/mol. The minimum atomic E-state index is 0.366. The molecule has 1 aliphatic heterocycles. The Hall–Kier alpha value is -0.860. The fourth-order valence-corrected chi connectivity index (χ4v) is 2.93. The lowest BCUT2D eigenvalue weighted by Gasteiger charge is -2.24. The summed E-state index contributed by atoms with van der Waals surface area (Å²) in [7, 11) is 0. The molecule has 1 aromatic rings. The van der Waals surface area contributed by atoms with E-state index in [9.17, 15) is 0 Å². The van der Waals surface area contributed by atoms with Crippen molar-refractivity contribution >= 4 is 0 Å². The summed E-state index contributed by atoms with van der Waals surface area (Å²) >= 11 is 0. The van der Waals surface area contributed by atoms with Crippen LogP contribution in [-0.4, -0.2) is 25.8 Å². The topological polar surface area (TPSA) is 21.3 Å². The van der Waals surface area contributed by atoms with E-state index in [1.54, 1.807) is 11.1 Å². The van der Waals surface area contributed by atoms with Gasteiger partial charge in [-0.1, -0.05) is 18.2 Å². The van der Waals surface area contributed by atoms with Gasteiger partial charge in [-0.25, -0.2) is 0 Å². The van der Waals surface area contributed by atoms with Crippen molar-refractivity contribution in [2.24, 2.45) is 0 Å². The standard InChI is InChI=1S/C15H21NO/c1-2-4-14-9-12(5-6-13(14)3-1)10-15-11-16-7-8-17-15/h5-6,9,15-16H,1-4,7-8,10-11H2. The van der Waals surface area contributed by atoms with E-state index in [1.165, 1.54) is 31.2 Å². The summed E-state index contributed by atoms with van der Waals surface area (Å²) in [5.41, 5.74) is 4.60. The van der Waals surface area contributed by atoms with E-state index in [-0.39, 0.29) is 0 Å². The molecule has 0 aromatic heterocycles. The molecule has 0 amide bonds. The first-order valence-electron chi connectivity index (χ1n) is 6.85. The molecule has 1 fully saturated rings. The highest BCUT2D eigenvalue weighted by molar-refractivity contribution is 5.34. The van der Waals surface area contributed by atoms with E-state index in [0.29, 0.717) is 6.10 Å². The molecule has 1 saturated heterocycles. The van der Waals surface area contributed by atoms with E-state index in [4.69, 9.17) is 4.74 Å². The van der Waals surface area contributed by atoms with Gasteiger partial charge in [0.1, 0.15) is 0 Å². The Morgan fingerprint density at radius 1 is 1.18 bits per heavy atom. The maximum Gasteiger partial charge on any atom is 0.0740 e. The number of hydrogen-bond acceptors (Lipinski definition) is 2. The number of ether oxygens (including phenoxy) is 1. The second-order valence-corrected chi connectivity index (χ2v) is 5.21. The number of hydrogen-bond donors (Lipinski definition) is 1. The molecule has 0 saturated carbocycles. The van der Waals surface area contributed by atoms with Crippen LogP contribution < -0.4 is 5.32 Å². The SMILES string of the molecule is c1cc2c(cc1CC1CNCCO1)CCCC2. The van der Waals surface area contributed by atoms with Crippen LogP contribution in [0, 0.1) is 0 Å². The first-order chi connectivity index (χ1) is 8.42. The van der Waals surface area contributed by atoms with Gasteiger partial charge in [-0.3, -0.25) is 0 Å². The van der Waals surface area contributed by atoms with Crippen LogP contribution in [0.3, 0.4) is 0 Å². The highest BCUT2D eigenvalue weighted by Gasteiger charge is 2.15. The Kier molecular flexibility index (Phi) is 3.44. The number of rotatable bonds is 2. The summed E-state index contributed by atoms with van der Waals surface area (Å²) in [6.45, 7) is 2.85. The molecule has 2 heteroatoms. The van der Waals surface area contributed by atoms with Gasteiger partial charge < -0.3 is 10.1 Å². The molecular formula is C15H21NO. The quantitative estimate of drug-likeness (QED) is 0.841. The van der Waals surface area contributed by atoms with E-state index < -0.39 is 0 Å². The fraction of sp³-hybridized carbons (Fsp3) is 0.600.